The van der Waals surface area contributed by atoms with Gasteiger partial charge in [-0.25, -0.2) is 9.37 Å². The molecule has 1 aliphatic heterocycles. The van der Waals surface area contributed by atoms with Gasteiger partial charge in [-0.15, -0.1) is 0 Å². The third-order valence-corrected chi connectivity index (χ3v) is 4.90. The summed E-state index contributed by atoms with van der Waals surface area (Å²) in [6.45, 7) is 2.19. The molecule has 0 spiro atoms. The smallest absolute Gasteiger partial charge is 0.314 e. The molecule has 1 aromatic carbocycles. The second-order valence-corrected chi connectivity index (χ2v) is 6.73. The molecule has 1 fully saturated rings. The van der Waals surface area contributed by atoms with Gasteiger partial charge in [-0.1, -0.05) is 12.1 Å². The Morgan fingerprint density at radius 1 is 1.50 bits per heavy atom. The van der Waals surface area contributed by atoms with Crippen LogP contribution >= 0.6 is 0 Å². The predicted molar refractivity (Wildman–Crippen MR) is 94.2 cm³/mol. The first-order valence-corrected chi connectivity index (χ1v) is 8.32. The van der Waals surface area contributed by atoms with Crippen LogP contribution in [0.25, 0.3) is 0 Å². The van der Waals surface area contributed by atoms with Crippen LogP contribution in [-0.2, 0) is 11.2 Å². The van der Waals surface area contributed by atoms with Crippen LogP contribution in [0.3, 0.4) is 0 Å². The minimum absolute atomic E-state index is 0.000889. The van der Waals surface area contributed by atoms with Crippen molar-refractivity contribution in [2.45, 2.75) is 25.9 Å². The highest BCUT2D eigenvalue weighted by Gasteiger charge is 2.49. The van der Waals surface area contributed by atoms with Gasteiger partial charge in [0.25, 0.3) is 0 Å². The molecular formula is C18H21FN4O3. The molecule has 8 heteroatoms. The van der Waals surface area contributed by atoms with Crippen LogP contribution in [-0.4, -0.2) is 45.3 Å². The zero-order valence-corrected chi connectivity index (χ0v) is 14.4. The first-order chi connectivity index (χ1) is 12.3. The summed E-state index contributed by atoms with van der Waals surface area (Å²) in [6, 6.07) is 5.76. The number of aliphatic hydroxyl groups is 1. The molecular weight excluding hydrogens is 339 g/mol. The van der Waals surface area contributed by atoms with Gasteiger partial charge >= 0.3 is 5.97 Å². The molecule has 0 amide bonds. The molecule has 0 saturated carbocycles. The molecule has 1 aromatic heterocycles. The number of aliphatic hydroxyl groups excluding tert-OH is 1. The van der Waals surface area contributed by atoms with E-state index in [9.17, 15) is 19.4 Å². The zero-order chi connectivity index (χ0) is 18.9. The van der Waals surface area contributed by atoms with E-state index in [-0.39, 0.29) is 19.4 Å². The van der Waals surface area contributed by atoms with E-state index in [1.165, 1.54) is 18.2 Å². The summed E-state index contributed by atoms with van der Waals surface area (Å²) in [6.07, 6.45) is 0.748. The number of anilines is 2. The Morgan fingerprint density at radius 3 is 2.92 bits per heavy atom. The molecule has 1 saturated heterocycles. The predicted octanol–water partition coefficient (Wildman–Crippen LogP) is 1.39. The van der Waals surface area contributed by atoms with E-state index in [0.29, 0.717) is 23.9 Å². The van der Waals surface area contributed by atoms with Crippen molar-refractivity contribution in [1.29, 1.82) is 0 Å². The second-order valence-electron chi connectivity index (χ2n) is 6.73. The number of nitrogens with zero attached hydrogens (tertiary/aromatic N) is 3. The molecule has 2 heterocycles. The van der Waals surface area contributed by atoms with Gasteiger partial charge in [-0.05, 0) is 37.5 Å². The van der Waals surface area contributed by atoms with Gasteiger partial charge in [-0.3, -0.25) is 4.79 Å². The molecule has 0 radical (unpaired) electrons. The van der Waals surface area contributed by atoms with E-state index in [2.05, 4.69) is 9.97 Å². The number of hydrogen-bond acceptors (Lipinski definition) is 6. The Labute approximate surface area is 150 Å². The van der Waals surface area contributed by atoms with Crippen molar-refractivity contribution in [2.24, 2.45) is 5.41 Å². The average Bonchev–Trinajstić information content (AvgIpc) is 2.59. The van der Waals surface area contributed by atoms with Gasteiger partial charge in [-0.2, -0.15) is 4.98 Å². The Kier molecular flexibility index (Phi) is 4.78. The first kappa shape index (κ1) is 18.1. The van der Waals surface area contributed by atoms with Crippen molar-refractivity contribution in [2.75, 3.05) is 23.7 Å². The molecule has 2 aromatic rings. The monoisotopic (exact) mass is 360 g/mol. The van der Waals surface area contributed by atoms with Crippen molar-refractivity contribution in [3.05, 3.63) is 47.4 Å². The van der Waals surface area contributed by atoms with E-state index < -0.39 is 23.3 Å². The molecule has 7 nitrogen and oxygen atoms in total. The van der Waals surface area contributed by atoms with E-state index >= 15 is 0 Å². The van der Waals surface area contributed by atoms with Crippen LogP contribution in [0.5, 0.6) is 0 Å². The van der Waals surface area contributed by atoms with Crippen LogP contribution < -0.4 is 10.6 Å². The maximum Gasteiger partial charge on any atom is 0.314 e. The topological polar surface area (TPSA) is 113 Å². The number of aryl methyl sites for hydroxylation is 1. The molecule has 4 N–H and O–H groups in total. The third-order valence-electron chi connectivity index (χ3n) is 4.90. The first-order valence-electron chi connectivity index (χ1n) is 8.32. The number of nitrogen functional groups attached to an aromatic ring is 1. The van der Waals surface area contributed by atoms with Crippen molar-refractivity contribution in [3.63, 3.8) is 0 Å². The Morgan fingerprint density at radius 2 is 2.27 bits per heavy atom. The Hall–Kier alpha value is -2.74. The van der Waals surface area contributed by atoms with E-state index in [1.54, 1.807) is 24.1 Å². The fourth-order valence-electron chi connectivity index (χ4n) is 3.32. The van der Waals surface area contributed by atoms with E-state index in [0.717, 1.165) is 5.56 Å². The summed E-state index contributed by atoms with van der Waals surface area (Å²) in [5.74, 6) is -0.934. The van der Waals surface area contributed by atoms with Gasteiger partial charge in [0, 0.05) is 24.8 Å². The molecule has 138 valence electrons. The van der Waals surface area contributed by atoms with Crippen molar-refractivity contribution < 1.29 is 19.4 Å². The number of carboxylic acids is 1. The summed E-state index contributed by atoms with van der Waals surface area (Å²) in [7, 11) is 0. The van der Waals surface area contributed by atoms with Gasteiger partial charge < -0.3 is 20.8 Å². The minimum Gasteiger partial charge on any atom is -0.481 e. The number of rotatable bonds is 4. The zero-order valence-electron chi connectivity index (χ0n) is 14.4. The highest BCUT2D eigenvalue weighted by atomic mass is 19.1. The lowest BCUT2D eigenvalue weighted by Gasteiger charge is -2.43. The fourth-order valence-corrected chi connectivity index (χ4v) is 3.32. The van der Waals surface area contributed by atoms with Crippen LogP contribution in [0.4, 0.5) is 16.2 Å². The Balaban J connectivity index is 1.94. The van der Waals surface area contributed by atoms with Crippen LogP contribution in [0.1, 0.15) is 17.5 Å². The van der Waals surface area contributed by atoms with Crippen LogP contribution in [0, 0.1) is 18.2 Å². The molecule has 26 heavy (non-hydrogen) atoms. The highest BCUT2D eigenvalue weighted by Crippen LogP contribution is 2.36. The quantitative estimate of drug-likeness (QED) is 0.755. The lowest BCUT2D eigenvalue weighted by atomic mass is 9.73. The highest BCUT2D eigenvalue weighted by molar-refractivity contribution is 5.77. The number of benzene rings is 1. The average molecular weight is 360 g/mol. The number of piperidine rings is 1. The fraction of sp³-hybridized carbons (Fsp3) is 0.389. The maximum absolute atomic E-state index is 13.5. The number of hydrogen-bond donors (Lipinski definition) is 3. The van der Waals surface area contributed by atoms with Crippen molar-refractivity contribution in [3.8, 4) is 0 Å². The Bertz CT molecular complexity index is 832. The number of nitrogens with two attached hydrogens (primary N) is 1. The van der Waals surface area contributed by atoms with E-state index in [4.69, 9.17) is 5.73 Å². The van der Waals surface area contributed by atoms with Gasteiger partial charge in [0.05, 0.1) is 6.10 Å². The number of halogens is 1. The molecule has 0 aliphatic carbocycles. The lowest BCUT2D eigenvalue weighted by Crippen LogP contribution is -2.57. The summed E-state index contributed by atoms with van der Waals surface area (Å²) in [5.41, 5.74) is 5.59. The largest absolute Gasteiger partial charge is 0.481 e. The summed E-state index contributed by atoms with van der Waals surface area (Å²) in [4.78, 5) is 22.3. The normalized spacial score (nSPS) is 23.0. The van der Waals surface area contributed by atoms with Crippen molar-refractivity contribution in [1.82, 2.24) is 9.97 Å². The van der Waals surface area contributed by atoms with Crippen LogP contribution in [0.15, 0.2) is 30.5 Å². The number of carbonyl (C=O) groups is 1. The molecule has 3 rings (SSSR count). The van der Waals surface area contributed by atoms with Crippen molar-refractivity contribution >= 4 is 17.7 Å². The summed E-state index contributed by atoms with van der Waals surface area (Å²) < 4.78 is 13.5. The molecule has 2 atom stereocenters. The molecule has 0 bridgehead atoms. The van der Waals surface area contributed by atoms with Gasteiger partial charge in [0.2, 0.25) is 5.95 Å². The number of aromatic nitrogens is 2. The standard InChI is InChI=1S/C18H21FN4O3/c1-11-9-21-17(22-15(11)20)23-6-5-14(24)18(10-23,16(25)26)8-12-3-2-4-13(19)7-12/h2-4,7,9,14,24H,5-6,8,10H2,1H3,(H,25,26)(H2,20,21,22)/t14-,18+/m0/s1. The third kappa shape index (κ3) is 3.32. The minimum atomic E-state index is -1.49. The lowest BCUT2D eigenvalue weighted by molar-refractivity contribution is -0.157. The number of aliphatic carboxylic acids is 1. The summed E-state index contributed by atoms with van der Waals surface area (Å²) in [5, 5.41) is 20.4. The van der Waals surface area contributed by atoms with Crippen LogP contribution in [0.2, 0.25) is 0 Å². The SMILES string of the molecule is Cc1cnc(N2CC[C@H](O)[C@](Cc3cccc(F)c3)(C(=O)O)C2)nc1N. The number of carboxylic acid groups (broad SMARTS) is 1. The van der Waals surface area contributed by atoms with Gasteiger partial charge in [0.1, 0.15) is 17.1 Å². The van der Waals surface area contributed by atoms with E-state index in [1.807, 2.05) is 0 Å². The maximum atomic E-state index is 13.5. The molecule has 1 aliphatic rings. The van der Waals surface area contributed by atoms with Gasteiger partial charge in [0.15, 0.2) is 0 Å². The second kappa shape index (κ2) is 6.87. The summed E-state index contributed by atoms with van der Waals surface area (Å²) >= 11 is 0. The molecule has 0 unspecified atom stereocenters.